The van der Waals surface area contributed by atoms with Crippen LogP contribution in [0.1, 0.15) is 35.3 Å². The number of tetrazole rings is 1. The van der Waals surface area contributed by atoms with Crippen LogP contribution in [-0.4, -0.2) is 70.4 Å². The van der Waals surface area contributed by atoms with E-state index in [9.17, 15) is 9.59 Å². The van der Waals surface area contributed by atoms with E-state index >= 15 is 0 Å². The van der Waals surface area contributed by atoms with E-state index < -0.39 is 6.04 Å². The zero-order valence-electron chi connectivity index (χ0n) is 23.1. The van der Waals surface area contributed by atoms with Crippen molar-refractivity contribution in [2.75, 3.05) is 27.4 Å². The van der Waals surface area contributed by atoms with Gasteiger partial charge >= 0.3 is 0 Å². The van der Waals surface area contributed by atoms with Crippen molar-refractivity contribution in [1.29, 1.82) is 0 Å². The van der Waals surface area contributed by atoms with Crippen LogP contribution in [0, 0.1) is 6.92 Å². The Morgan fingerprint density at radius 2 is 2.05 bits per heavy atom. The van der Waals surface area contributed by atoms with Crippen LogP contribution in [0.4, 0.5) is 0 Å². The predicted molar refractivity (Wildman–Crippen MR) is 149 cm³/mol. The molecule has 1 fully saturated rings. The van der Waals surface area contributed by atoms with Gasteiger partial charge in [0.25, 0.3) is 5.91 Å². The van der Waals surface area contributed by atoms with Crippen molar-refractivity contribution in [3.8, 4) is 22.9 Å². The minimum atomic E-state index is -1.01. The van der Waals surface area contributed by atoms with Crippen molar-refractivity contribution in [3.05, 3.63) is 64.2 Å². The predicted octanol–water partition coefficient (Wildman–Crippen LogP) is 3.39. The van der Waals surface area contributed by atoms with Crippen LogP contribution in [0.2, 0.25) is 0 Å². The molecule has 41 heavy (non-hydrogen) atoms. The molecule has 1 saturated heterocycles. The van der Waals surface area contributed by atoms with Crippen molar-refractivity contribution < 1.29 is 28.2 Å². The van der Waals surface area contributed by atoms with Gasteiger partial charge in [0.15, 0.2) is 17.5 Å². The highest BCUT2D eigenvalue weighted by Crippen LogP contribution is 2.31. The molecule has 12 nitrogen and oxygen atoms in total. The number of amides is 2. The minimum Gasteiger partial charge on any atom is -0.493 e. The molecule has 2 atom stereocenters. The summed E-state index contributed by atoms with van der Waals surface area (Å²) >= 11 is 1.50. The summed E-state index contributed by atoms with van der Waals surface area (Å²) in [4.78, 5) is 31.1. The number of aromatic nitrogens is 4. The third-order valence-corrected chi connectivity index (χ3v) is 7.58. The molecule has 4 aromatic rings. The fraction of sp³-hybridized carbons (Fsp3) is 0.393. The second kappa shape index (κ2) is 13.0. The number of benzene rings is 1. The van der Waals surface area contributed by atoms with Crippen molar-refractivity contribution in [2.24, 2.45) is 0 Å². The fourth-order valence-electron chi connectivity index (χ4n) is 4.65. The van der Waals surface area contributed by atoms with Gasteiger partial charge < -0.3 is 28.8 Å². The number of thiophene rings is 1. The molecule has 3 aromatic heterocycles. The molecule has 0 bridgehead atoms. The maximum absolute atomic E-state index is 13.9. The average molecular weight is 581 g/mol. The molecular weight excluding hydrogens is 548 g/mol. The fourth-order valence-corrected chi connectivity index (χ4v) is 5.35. The number of aryl methyl sites for hydroxylation is 1. The molecule has 216 valence electrons. The highest BCUT2D eigenvalue weighted by Gasteiger charge is 2.35. The SMILES string of the molecule is COc1ccc(-c2nnn(CC(=O)N(Cc3cccs3)[C@@H](C(=O)NC[C@@H]3CCCO3)c3ccc(C)o3)n2)cc1OC. The van der Waals surface area contributed by atoms with Gasteiger partial charge in [0.1, 0.15) is 18.1 Å². The molecule has 0 aliphatic carbocycles. The number of furan rings is 1. The lowest BCUT2D eigenvalue weighted by atomic mass is 10.1. The first-order valence-corrected chi connectivity index (χ1v) is 14.1. The van der Waals surface area contributed by atoms with E-state index in [1.807, 2.05) is 17.5 Å². The highest BCUT2D eigenvalue weighted by atomic mass is 32.1. The number of rotatable bonds is 12. The van der Waals surface area contributed by atoms with Crippen LogP contribution in [0.3, 0.4) is 0 Å². The molecule has 0 spiro atoms. The molecular formula is C28H32N6O6S. The minimum absolute atomic E-state index is 0.0475. The van der Waals surface area contributed by atoms with Gasteiger partial charge in [0.2, 0.25) is 11.7 Å². The Labute approximate surface area is 241 Å². The van der Waals surface area contributed by atoms with E-state index in [4.69, 9.17) is 18.6 Å². The molecule has 4 heterocycles. The van der Waals surface area contributed by atoms with Crippen LogP contribution >= 0.6 is 11.3 Å². The van der Waals surface area contributed by atoms with Crippen LogP contribution in [-0.2, 0) is 27.4 Å². The van der Waals surface area contributed by atoms with Gasteiger partial charge in [-0.3, -0.25) is 9.59 Å². The van der Waals surface area contributed by atoms with E-state index in [1.165, 1.54) is 21.0 Å². The van der Waals surface area contributed by atoms with Gasteiger partial charge in [0.05, 0.1) is 26.9 Å². The van der Waals surface area contributed by atoms with Gasteiger partial charge in [-0.2, -0.15) is 4.80 Å². The average Bonchev–Trinajstić information content (AvgIpc) is 3.80. The molecule has 0 unspecified atom stereocenters. The molecule has 5 rings (SSSR count). The number of nitrogens with one attached hydrogen (secondary N) is 1. The monoisotopic (exact) mass is 580 g/mol. The van der Waals surface area contributed by atoms with Crippen molar-refractivity contribution in [2.45, 2.75) is 45.0 Å². The van der Waals surface area contributed by atoms with Crippen LogP contribution in [0.5, 0.6) is 11.5 Å². The Kier molecular flexibility index (Phi) is 8.95. The molecule has 1 aliphatic rings. The Morgan fingerprint density at radius 1 is 1.20 bits per heavy atom. The topological polar surface area (TPSA) is 134 Å². The van der Waals surface area contributed by atoms with Crippen LogP contribution in [0.15, 0.2) is 52.3 Å². The quantitative estimate of drug-likeness (QED) is 0.268. The van der Waals surface area contributed by atoms with E-state index in [0.29, 0.717) is 47.6 Å². The first kappa shape index (κ1) is 28.3. The lowest BCUT2D eigenvalue weighted by Crippen LogP contribution is -2.46. The Morgan fingerprint density at radius 3 is 2.73 bits per heavy atom. The zero-order chi connectivity index (χ0) is 28.8. The van der Waals surface area contributed by atoms with Gasteiger partial charge in [-0.15, -0.1) is 21.5 Å². The van der Waals surface area contributed by atoms with Gasteiger partial charge in [-0.1, -0.05) is 6.07 Å². The number of ether oxygens (including phenoxy) is 3. The number of nitrogens with zero attached hydrogens (tertiary/aromatic N) is 5. The third-order valence-electron chi connectivity index (χ3n) is 6.72. The maximum atomic E-state index is 13.9. The Balaban J connectivity index is 1.40. The van der Waals surface area contributed by atoms with Crippen LogP contribution < -0.4 is 14.8 Å². The lowest BCUT2D eigenvalue weighted by molar-refractivity contribution is -0.143. The molecule has 1 aliphatic heterocycles. The van der Waals surface area contributed by atoms with E-state index in [-0.39, 0.29) is 31.0 Å². The third kappa shape index (κ3) is 6.74. The Bertz CT molecular complexity index is 1460. The summed E-state index contributed by atoms with van der Waals surface area (Å²) in [5, 5.41) is 17.5. The molecule has 13 heteroatoms. The van der Waals surface area contributed by atoms with Crippen molar-refractivity contribution >= 4 is 23.2 Å². The number of methoxy groups -OCH3 is 2. The second-order valence-electron chi connectivity index (χ2n) is 9.55. The van der Waals surface area contributed by atoms with Gasteiger partial charge in [0, 0.05) is 23.6 Å². The second-order valence-corrected chi connectivity index (χ2v) is 10.6. The standard InChI is InChI=1S/C28H32N6O6S/c1-18-8-10-23(40-18)26(28(36)29-15-20-6-4-12-39-20)33(16-21-7-5-13-41-21)25(35)17-34-31-27(30-32-34)19-9-11-22(37-2)24(14-19)38-3/h5,7-11,13-14,20,26H,4,6,12,15-17H2,1-3H3,(H,29,36)/t20-,26+/m0/s1. The summed E-state index contributed by atoms with van der Waals surface area (Å²) in [5.74, 6) is 1.69. The molecule has 0 saturated carbocycles. The van der Waals surface area contributed by atoms with Gasteiger partial charge in [-0.25, -0.2) is 0 Å². The lowest BCUT2D eigenvalue weighted by Gasteiger charge is -2.29. The smallest absolute Gasteiger partial charge is 0.250 e. The van der Waals surface area contributed by atoms with Crippen molar-refractivity contribution in [3.63, 3.8) is 0 Å². The molecule has 1 aromatic carbocycles. The number of hydrogen-bond acceptors (Lipinski definition) is 10. The van der Waals surface area contributed by atoms with Gasteiger partial charge in [-0.05, 0) is 66.8 Å². The molecule has 2 amide bonds. The number of hydrogen-bond donors (Lipinski definition) is 1. The zero-order valence-corrected chi connectivity index (χ0v) is 23.9. The van der Waals surface area contributed by atoms with E-state index in [1.54, 1.807) is 51.5 Å². The summed E-state index contributed by atoms with van der Waals surface area (Å²) in [5.41, 5.74) is 0.647. The number of carbonyl (C=O) groups excluding carboxylic acids is 2. The number of carbonyl (C=O) groups is 2. The first-order valence-electron chi connectivity index (χ1n) is 13.2. The summed E-state index contributed by atoms with van der Waals surface area (Å²) in [7, 11) is 3.10. The summed E-state index contributed by atoms with van der Waals surface area (Å²) < 4.78 is 22.2. The maximum Gasteiger partial charge on any atom is 0.250 e. The molecule has 0 radical (unpaired) electrons. The highest BCUT2D eigenvalue weighted by molar-refractivity contribution is 7.09. The van der Waals surface area contributed by atoms with Crippen molar-refractivity contribution in [1.82, 2.24) is 30.4 Å². The Hall–Kier alpha value is -4.23. The first-order chi connectivity index (χ1) is 19.9. The van der Waals surface area contributed by atoms with E-state index in [0.717, 1.165) is 17.7 Å². The van der Waals surface area contributed by atoms with Crippen LogP contribution in [0.25, 0.3) is 11.4 Å². The normalized spacial score (nSPS) is 15.4. The summed E-state index contributed by atoms with van der Waals surface area (Å²) in [6.07, 6.45) is 1.79. The van der Waals surface area contributed by atoms with E-state index in [2.05, 4.69) is 20.7 Å². The largest absolute Gasteiger partial charge is 0.493 e. The summed E-state index contributed by atoms with van der Waals surface area (Å²) in [6, 6.07) is 11.6. The molecule has 1 N–H and O–H groups in total. The summed E-state index contributed by atoms with van der Waals surface area (Å²) in [6.45, 7) is 2.80.